The van der Waals surface area contributed by atoms with Crippen LogP contribution in [0.3, 0.4) is 0 Å². The average molecular weight is 867 g/mol. The molecule has 0 unspecified atom stereocenters. The Morgan fingerprint density at radius 3 is 2.27 bits per heavy atom. The van der Waals surface area contributed by atoms with Gasteiger partial charge in [0.15, 0.2) is 12.6 Å². The van der Waals surface area contributed by atoms with Crippen LogP contribution in [0.2, 0.25) is 0 Å². The zero-order valence-corrected chi connectivity index (χ0v) is 35.3. The third-order valence-electron chi connectivity index (χ3n) is 14.8. The van der Waals surface area contributed by atoms with E-state index < -0.39 is 137 Å². The molecule has 10 N–H and O–H groups in total. The maximum absolute atomic E-state index is 13.0. The van der Waals surface area contributed by atoms with Gasteiger partial charge in [-0.05, 0) is 65.8 Å². The highest BCUT2D eigenvalue weighted by Crippen LogP contribution is 2.69. The van der Waals surface area contributed by atoms with E-state index in [0.29, 0.717) is 31.3 Å². The summed E-state index contributed by atoms with van der Waals surface area (Å²) in [6.45, 7) is 8.79. The van der Waals surface area contributed by atoms with Gasteiger partial charge < -0.3 is 69.6 Å². The number of aliphatic hydroxyl groups excluding tert-OH is 8. The third kappa shape index (κ3) is 8.72. The molecule has 21 atom stereocenters. The minimum atomic E-state index is -5.12. The fraction of sp³-hybridized carbons (Fsp3) is 0.900. The predicted octanol–water partition coefficient (Wildman–Crippen LogP) is -0.821. The van der Waals surface area contributed by atoms with E-state index >= 15 is 0 Å². The Labute approximate surface area is 345 Å². The molecule has 0 aromatic rings. The van der Waals surface area contributed by atoms with Crippen molar-refractivity contribution >= 4 is 10.4 Å². The van der Waals surface area contributed by atoms with Gasteiger partial charge in [0.1, 0.15) is 48.8 Å². The Balaban J connectivity index is 1.23. The van der Waals surface area contributed by atoms with E-state index in [0.717, 1.165) is 0 Å². The van der Waals surface area contributed by atoms with E-state index in [1.165, 1.54) is 7.11 Å². The lowest BCUT2D eigenvalue weighted by atomic mass is 9.43. The molecule has 0 amide bonds. The first kappa shape index (κ1) is 47.3. The second-order valence-electron chi connectivity index (χ2n) is 18.7. The smallest absolute Gasteiger partial charge is 0.394 e. The molecule has 0 aromatic heterocycles. The third-order valence-corrected chi connectivity index (χ3v) is 15.3. The number of hydrogen-bond acceptors (Lipinski definition) is 17. The summed E-state index contributed by atoms with van der Waals surface area (Å²) >= 11 is 0. The monoisotopic (exact) mass is 866 g/mol. The topological polar surface area (TPSA) is 292 Å². The molecule has 0 spiro atoms. The molecule has 2 aliphatic heterocycles. The molecule has 19 heteroatoms. The van der Waals surface area contributed by atoms with Crippen LogP contribution in [0.1, 0.15) is 66.7 Å². The number of aliphatic hydroxyl groups is 9. The predicted molar refractivity (Wildman–Crippen MR) is 205 cm³/mol. The molecule has 6 rings (SSSR count). The summed E-state index contributed by atoms with van der Waals surface area (Å²) in [7, 11) is -3.75. The molecular weight excluding hydrogens is 800 g/mol. The Kier molecular flexibility index (Phi) is 14.2. The number of ether oxygens (including phenoxy) is 5. The minimum Gasteiger partial charge on any atom is -0.394 e. The summed E-state index contributed by atoms with van der Waals surface area (Å²) in [4.78, 5) is 0. The van der Waals surface area contributed by atoms with E-state index in [-0.39, 0.29) is 31.5 Å². The lowest BCUT2D eigenvalue weighted by molar-refractivity contribution is -0.285. The van der Waals surface area contributed by atoms with Crippen molar-refractivity contribution in [2.75, 3.05) is 26.9 Å². The average Bonchev–Trinajstić information content (AvgIpc) is 3.56. The van der Waals surface area contributed by atoms with Crippen molar-refractivity contribution in [2.45, 2.75) is 152 Å². The SMILES string of the molecule is CO[C@H]1[C@H](O[C@@H]2C=C3[C@H](O)C[C@@]4(O)[C@@H]5[C@@H](OS(=O)(=O)O)[C@H](O)[C@H]([C@H](C)/C=C/[C@H](CO[C@@H]6O[C@@H]([C@H](O)CO)[C@H](O)[C@H]6O)C(C)C)[C@@]5(C)CC[C@@H]4[C@@]3(C)CC2)OC[C@@H](O)[C@@H]1O. The van der Waals surface area contributed by atoms with Crippen molar-refractivity contribution in [2.24, 2.45) is 46.3 Å². The molecule has 0 bridgehead atoms. The van der Waals surface area contributed by atoms with Crippen LogP contribution >= 0.6 is 0 Å². The molecule has 2 heterocycles. The highest BCUT2D eigenvalue weighted by Gasteiger charge is 2.73. The summed E-state index contributed by atoms with van der Waals surface area (Å²) in [5.41, 5.74) is -2.85. The molecule has 2 saturated heterocycles. The quantitative estimate of drug-likeness (QED) is 0.0754. The molecule has 340 valence electrons. The van der Waals surface area contributed by atoms with Gasteiger partial charge >= 0.3 is 10.4 Å². The first-order valence-electron chi connectivity index (χ1n) is 20.7. The summed E-state index contributed by atoms with van der Waals surface area (Å²) in [6, 6.07) is 0. The van der Waals surface area contributed by atoms with Crippen LogP contribution in [0.4, 0.5) is 0 Å². The molecule has 5 fully saturated rings. The summed E-state index contributed by atoms with van der Waals surface area (Å²) in [5, 5.41) is 97.6. The van der Waals surface area contributed by atoms with Gasteiger partial charge in [-0.1, -0.05) is 52.8 Å². The molecule has 6 aliphatic rings. The van der Waals surface area contributed by atoms with Crippen molar-refractivity contribution in [3.8, 4) is 0 Å². The van der Waals surface area contributed by atoms with Crippen LogP contribution in [0.5, 0.6) is 0 Å². The van der Waals surface area contributed by atoms with E-state index in [9.17, 15) is 58.9 Å². The van der Waals surface area contributed by atoms with E-state index in [2.05, 4.69) is 0 Å². The van der Waals surface area contributed by atoms with Crippen LogP contribution < -0.4 is 0 Å². The van der Waals surface area contributed by atoms with E-state index in [1.54, 1.807) is 0 Å². The number of rotatable bonds is 14. The summed E-state index contributed by atoms with van der Waals surface area (Å²) in [5.74, 6) is -2.98. The highest BCUT2D eigenvalue weighted by atomic mass is 32.3. The van der Waals surface area contributed by atoms with Crippen LogP contribution in [-0.2, 0) is 38.3 Å². The minimum absolute atomic E-state index is 0.00680. The van der Waals surface area contributed by atoms with Crippen molar-refractivity contribution < 1.29 is 86.8 Å². The maximum Gasteiger partial charge on any atom is 0.397 e. The van der Waals surface area contributed by atoms with E-state index in [4.69, 9.17) is 27.9 Å². The van der Waals surface area contributed by atoms with Crippen LogP contribution in [0.15, 0.2) is 23.8 Å². The Hall–Kier alpha value is -1.21. The second-order valence-corrected chi connectivity index (χ2v) is 19.7. The lowest BCUT2D eigenvalue weighted by Gasteiger charge is -2.64. The molecule has 0 radical (unpaired) electrons. The second kappa shape index (κ2) is 17.8. The Bertz CT molecular complexity index is 1630. The fourth-order valence-corrected chi connectivity index (χ4v) is 12.4. The lowest BCUT2D eigenvalue weighted by Crippen LogP contribution is -2.66. The van der Waals surface area contributed by atoms with Gasteiger partial charge in [-0.15, -0.1) is 0 Å². The van der Waals surface area contributed by atoms with Crippen molar-refractivity contribution in [1.29, 1.82) is 0 Å². The fourth-order valence-electron chi connectivity index (χ4n) is 11.9. The zero-order valence-electron chi connectivity index (χ0n) is 34.5. The number of methoxy groups -OCH3 is 1. The molecular formula is C40H66O18S. The van der Waals surface area contributed by atoms with Crippen molar-refractivity contribution in [1.82, 2.24) is 0 Å². The number of allylic oxidation sites excluding steroid dienone is 1. The number of hydrogen-bond donors (Lipinski definition) is 10. The van der Waals surface area contributed by atoms with Crippen molar-refractivity contribution in [3.63, 3.8) is 0 Å². The number of fused-ring (bicyclic) bond motifs is 5. The van der Waals surface area contributed by atoms with Crippen LogP contribution in [-0.4, -0.2) is 171 Å². The Morgan fingerprint density at radius 2 is 1.64 bits per heavy atom. The molecule has 3 saturated carbocycles. The molecule has 0 aromatic carbocycles. The van der Waals surface area contributed by atoms with Gasteiger partial charge in [0, 0.05) is 25.4 Å². The van der Waals surface area contributed by atoms with Gasteiger partial charge in [-0.2, -0.15) is 8.42 Å². The first-order chi connectivity index (χ1) is 27.5. The summed E-state index contributed by atoms with van der Waals surface area (Å²) < 4.78 is 68.7. The van der Waals surface area contributed by atoms with Gasteiger partial charge in [-0.25, -0.2) is 4.18 Å². The molecule has 4 aliphatic carbocycles. The molecule has 18 nitrogen and oxygen atoms in total. The normalized spacial score (nSPS) is 48.0. The summed E-state index contributed by atoms with van der Waals surface area (Å²) in [6.07, 6.45) is -8.84. The molecule has 59 heavy (non-hydrogen) atoms. The first-order valence-corrected chi connectivity index (χ1v) is 22.1. The van der Waals surface area contributed by atoms with E-state index in [1.807, 2.05) is 52.8 Å². The zero-order chi connectivity index (χ0) is 43.6. The van der Waals surface area contributed by atoms with Crippen LogP contribution in [0, 0.1) is 46.3 Å². The highest BCUT2D eigenvalue weighted by molar-refractivity contribution is 7.80. The van der Waals surface area contributed by atoms with Gasteiger partial charge in [0.25, 0.3) is 0 Å². The Morgan fingerprint density at radius 1 is 0.949 bits per heavy atom. The van der Waals surface area contributed by atoms with Gasteiger partial charge in [0.2, 0.25) is 0 Å². The largest absolute Gasteiger partial charge is 0.397 e. The standard InChI is InChI=1S/C40H66O18S/c1-18(2)20(16-54-36-31(48)30(47)32(57-36)24(43)15-41)8-7-19(3)27-29(46)33(58-59(50,51)52)35-39(27,5)12-10-26-38(4)11-9-21(13-22(38)23(42)14-40(26,35)49)56-37-34(53-6)28(45)25(44)17-55-37/h7-8,13,18-21,23-37,41-49H,9-12,14-17H2,1-6H3,(H,50,51,52)/b8-7+/t19-,20-,21+,23-,24-,25-,26-,27+,28+,29-,30-,31-,32+,33+,34-,35-,36-,37+,38+,39-,40+/m1/s1. The van der Waals surface area contributed by atoms with Crippen LogP contribution in [0.25, 0.3) is 0 Å². The van der Waals surface area contributed by atoms with Gasteiger partial charge in [0.05, 0.1) is 43.7 Å². The maximum atomic E-state index is 13.0. The van der Waals surface area contributed by atoms with Gasteiger partial charge in [-0.3, -0.25) is 4.55 Å². The van der Waals surface area contributed by atoms with Crippen molar-refractivity contribution in [3.05, 3.63) is 23.8 Å².